The van der Waals surface area contributed by atoms with E-state index in [0.717, 1.165) is 23.5 Å². The highest BCUT2D eigenvalue weighted by Gasteiger charge is 2.33. The number of esters is 1. The zero-order chi connectivity index (χ0) is 18.6. The number of rotatable bonds is 6. The minimum Gasteiger partial charge on any atom is -0.460 e. The Morgan fingerprint density at radius 3 is 2.64 bits per heavy atom. The van der Waals surface area contributed by atoms with E-state index in [1.165, 1.54) is 11.6 Å². The number of alkyl halides is 3. The van der Waals surface area contributed by atoms with Crippen molar-refractivity contribution >= 4 is 34.8 Å². The maximum absolute atomic E-state index is 13.0. The lowest BCUT2D eigenvalue weighted by atomic mass is 10.1. The molecule has 0 bridgehead atoms. The van der Waals surface area contributed by atoms with Crippen LogP contribution < -0.4 is 5.73 Å². The number of aromatic nitrogens is 1. The zero-order valence-corrected chi connectivity index (χ0v) is 14.2. The largest absolute Gasteiger partial charge is 0.460 e. The molecule has 10 heteroatoms. The van der Waals surface area contributed by atoms with Crippen molar-refractivity contribution in [2.24, 2.45) is 5.73 Å². The van der Waals surface area contributed by atoms with Gasteiger partial charge in [-0.3, -0.25) is 9.59 Å². The molecular formula is C15H12ClF3N2O3S. The molecule has 25 heavy (non-hydrogen) atoms. The molecule has 0 fully saturated rings. The van der Waals surface area contributed by atoms with E-state index < -0.39 is 28.6 Å². The van der Waals surface area contributed by atoms with Crippen molar-refractivity contribution in [3.05, 3.63) is 39.2 Å². The van der Waals surface area contributed by atoms with Crippen molar-refractivity contribution in [3.8, 4) is 11.3 Å². The summed E-state index contributed by atoms with van der Waals surface area (Å²) in [6.07, 6.45) is -4.90. The lowest BCUT2D eigenvalue weighted by Crippen LogP contribution is -2.14. The van der Waals surface area contributed by atoms with Crippen LogP contribution in [0.5, 0.6) is 0 Å². The third-order valence-corrected chi connectivity index (χ3v) is 4.26. The summed E-state index contributed by atoms with van der Waals surface area (Å²) in [6.45, 7) is -0.165. The molecule has 0 saturated heterocycles. The van der Waals surface area contributed by atoms with Crippen LogP contribution in [0.4, 0.5) is 13.2 Å². The minimum atomic E-state index is -4.59. The first kappa shape index (κ1) is 19.2. The highest BCUT2D eigenvalue weighted by molar-refractivity contribution is 7.10. The van der Waals surface area contributed by atoms with Gasteiger partial charge >= 0.3 is 12.1 Å². The number of hydrogen-bond acceptors (Lipinski definition) is 5. The number of carbonyl (C=O) groups is 2. The van der Waals surface area contributed by atoms with E-state index in [4.69, 9.17) is 22.1 Å². The predicted octanol–water partition coefficient (Wildman–Crippen LogP) is 3.79. The Balaban J connectivity index is 2.16. The van der Waals surface area contributed by atoms with Crippen LogP contribution in [-0.4, -0.2) is 16.9 Å². The van der Waals surface area contributed by atoms with Crippen LogP contribution in [0.25, 0.3) is 11.3 Å². The van der Waals surface area contributed by atoms with Crippen molar-refractivity contribution in [3.63, 3.8) is 0 Å². The zero-order valence-electron chi connectivity index (χ0n) is 12.6. The second kappa shape index (κ2) is 7.83. The van der Waals surface area contributed by atoms with E-state index in [1.54, 1.807) is 0 Å². The van der Waals surface area contributed by atoms with Gasteiger partial charge in [-0.25, -0.2) is 4.98 Å². The van der Waals surface area contributed by atoms with Gasteiger partial charge in [-0.2, -0.15) is 13.2 Å². The summed E-state index contributed by atoms with van der Waals surface area (Å²) in [7, 11) is 0. The van der Waals surface area contributed by atoms with Crippen molar-refractivity contribution in [2.45, 2.75) is 25.6 Å². The lowest BCUT2D eigenvalue weighted by Gasteiger charge is -2.11. The molecule has 0 aliphatic rings. The Labute approximate surface area is 149 Å². The fourth-order valence-electron chi connectivity index (χ4n) is 1.94. The highest BCUT2D eigenvalue weighted by atomic mass is 35.5. The minimum absolute atomic E-state index is 0.138. The maximum atomic E-state index is 13.0. The fraction of sp³-hybridized carbons (Fsp3) is 0.267. The molecule has 2 N–H and O–H groups in total. The molecule has 2 aromatic rings. The summed E-state index contributed by atoms with van der Waals surface area (Å²) in [5, 5.41) is -0.411. The molecule has 134 valence electrons. The number of halogens is 4. The van der Waals surface area contributed by atoms with Gasteiger partial charge in [0.2, 0.25) is 5.91 Å². The molecular weight excluding hydrogens is 381 g/mol. The molecule has 1 amide bonds. The molecule has 1 aromatic carbocycles. The number of amides is 1. The monoisotopic (exact) mass is 392 g/mol. The number of nitrogens with two attached hydrogens (primary N) is 1. The van der Waals surface area contributed by atoms with Gasteiger partial charge in [-0.1, -0.05) is 17.7 Å². The normalized spacial score (nSPS) is 11.4. The van der Waals surface area contributed by atoms with E-state index in [9.17, 15) is 22.8 Å². The Bertz CT molecular complexity index is 793. The van der Waals surface area contributed by atoms with Gasteiger partial charge in [0.25, 0.3) is 0 Å². The van der Waals surface area contributed by atoms with Crippen LogP contribution in [0.1, 0.15) is 23.3 Å². The summed E-state index contributed by atoms with van der Waals surface area (Å²) >= 11 is 6.73. The van der Waals surface area contributed by atoms with Crippen molar-refractivity contribution in [2.75, 3.05) is 0 Å². The fourth-order valence-corrected chi connectivity index (χ4v) is 2.86. The Morgan fingerprint density at radius 1 is 1.28 bits per heavy atom. The smallest absolute Gasteiger partial charge is 0.417 e. The summed E-state index contributed by atoms with van der Waals surface area (Å²) < 4.78 is 43.9. The number of ether oxygens (including phenoxy) is 1. The third kappa shape index (κ3) is 5.17. The standard InChI is InChI=1S/C15H12ClF3N2O3S/c16-10-2-1-8(5-9(10)15(17,18)19)14-11(25-7-21-14)6-24-13(23)4-3-12(20)22/h1-2,5,7H,3-4,6H2,(H2,20,22). The predicted molar refractivity (Wildman–Crippen MR) is 85.8 cm³/mol. The molecule has 1 aromatic heterocycles. The van der Waals surface area contributed by atoms with Gasteiger partial charge in [0.05, 0.1) is 33.1 Å². The molecule has 5 nitrogen and oxygen atoms in total. The van der Waals surface area contributed by atoms with Crippen LogP contribution in [0.2, 0.25) is 5.02 Å². The Morgan fingerprint density at radius 2 is 2.00 bits per heavy atom. The van der Waals surface area contributed by atoms with Gasteiger partial charge in [-0.15, -0.1) is 11.3 Å². The number of primary amides is 1. The first-order valence-corrected chi connectivity index (χ1v) is 8.17. The molecule has 0 unspecified atom stereocenters. The second-order valence-electron chi connectivity index (χ2n) is 4.94. The van der Waals surface area contributed by atoms with Crippen molar-refractivity contribution in [1.29, 1.82) is 0 Å². The van der Waals surface area contributed by atoms with E-state index in [2.05, 4.69) is 4.98 Å². The summed E-state index contributed by atoms with van der Waals surface area (Å²) in [4.78, 5) is 26.6. The molecule has 2 rings (SSSR count). The van der Waals surface area contributed by atoms with Crippen LogP contribution in [0.3, 0.4) is 0 Å². The van der Waals surface area contributed by atoms with Gasteiger partial charge < -0.3 is 10.5 Å². The van der Waals surface area contributed by atoms with Gasteiger partial charge in [-0.05, 0) is 12.1 Å². The lowest BCUT2D eigenvalue weighted by molar-refractivity contribution is -0.146. The average molecular weight is 393 g/mol. The van der Waals surface area contributed by atoms with Crippen LogP contribution >= 0.6 is 22.9 Å². The number of hydrogen-bond donors (Lipinski definition) is 1. The van der Waals surface area contributed by atoms with Crippen LogP contribution in [0, 0.1) is 0 Å². The SMILES string of the molecule is NC(=O)CCC(=O)OCc1scnc1-c1ccc(Cl)c(C(F)(F)F)c1. The quantitative estimate of drug-likeness (QED) is 0.758. The first-order chi connectivity index (χ1) is 11.7. The third-order valence-electron chi connectivity index (χ3n) is 3.13. The molecule has 0 saturated carbocycles. The van der Waals surface area contributed by atoms with Crippen LogP contribution in [0.15, 0.2) is 23.7 Å². The molecule has 0 radical (unpaired) electrons. The van der Waals surface area contributed by atoms with E-state index in [-0.39, 0.29) is 30.7 Å². The van der Waals surface area contributed by atoms with Gasteiger partial charge in [0.1, 0.15) is 6.61 Å². The maximum Gasteiger partial charge on any atom is 0.417 e. The molecule has 0 aliphatic carbocycles. The molecule has 0 aliphatic heterocycles. The van der Waals surface area contributed by atoms with Crippen LogP contribution in [-0.2, 0) is 27.1 Å². The van der Waals surface area contributed by atoms with Gasteiger partial charge in [0.15, 0.2) is 0 Å². The average Bonchev–Trinajstić information content (AvgIpc) is 2.98. The van der Waals surface area contributed by atoms with Gasteiger partial charge in [0, 0.05) is 12.0 Å². The van der Waals surface area contributed by atoms with E-state index in [0.29, 0.717) is 4.88 Å². The topological polar surface area (TPSA) is 82.3 Å². The number of nitrogens with zero attached hydrogens (tertiary/aromatic N) is 1. The number of thiazole rings is 1. The summed E-state index contributed by atoms with van der Waals surface area (Å²) in [5.41, 5.74) is 5.88. The second-order valence-corrected chi connectivity index (χ2v) is 6.29. The highest BCUT2D eigenvalue weighted by Crippen LogP contribution is 2.38. The Kier molecular flexibility index (Phi) is 6.02. The molecule has 0 atom stereocenters. The first-order valence-electron chi connectivity index (χ1n) is 6.92. The molecule has 0 spiro atoms. The van der Waals surface area contributed by atoms with Crippen molar-refractivity contribution < 1.29 is 27.5 Å². The molecule has 1 heterocycles. The van der Waals surface area contributed by atoms with E-state index in [1.807, 2.05) is 0 Å². The van der Waals surface area contributed by atoms with Crippen molar-refractivity contribution in [1.82, 2.24) is 4.98 Å². The Hall–Kier alpha value is -2.13. The summed E-state index contributed by atoms with van der Waals surface area (Å²) in [6, 6.07) is 3.45. The number of carbonyl (C=O) groups excluding carboxylic acids is 2. The van der Waals surface area contributed by atoms with E-state index >= 15 is 0 Å². The summed E-state index contributed by atoms with van der Waals surface area (Å²) in [5.74, 6) is -1.26. The number of benzene rings is 1.